The molecule has 2 N–H and O–H groups in total. The maximum absolute atomic E-state index is 11.7. The van der Waals surface area contributed by atoms with Gasteiger partial charge in [-0.3, -0.25) is 0 Å². The Kier molecular flexibility index (Phi) is 5.88. The van der Waals surface area contributed by atoms with Crippen molar-refractivity contribution in [2.45, 2.75) is 31.3 Å². The molecule has 3 rings (SSSR count). The molecule has 126 valence electrons. The Morgan fingerprint density at radius 2 is 2.13 bits per heavy atom. The molecule has 2 amide bonds. The number of carbonyl (C=O) groups is 1. The van der Waals surface area contributed by atoms with E-state index in [4.69, 9.17) is 9.47 Å². The lowest BCUT2D eigenvalue weighted by Gasteiger charge is -2.11. The summed E-state index contributed by atoms with van der Waals surface area (Å²) in [7, 11) is 0. The topological polar surface area (TPSA) is 59.6 Å². The maximum Gasteiger partial charge on any atom is 0.314 e. The van der Waals surface area contributed by atoms with E-state index in [0.717, 1.165) is 32.4 Å². The zero-order valence-electron chi connectivity index (χ0n) is 13.5. The number of benzene rings is 1. The Morgan fingerprint density at radius 3 is 2.91 bits per heavy atom. The van der Waals surface area contributed by atoms with Crippen molar-refractivity contribution in [2.24, 2.45) is 5.92 Å². The normalized spacial score (nSPS) is 26.0. The second-order valence-electron chi connectivity index (χ2n) is 6.36. The smallest absolute Gasteiger partial charge is 0.314 e. The number of nitrogens with one attached hydrogen (secondary N) is 2. The van der Waals surface area contributed by atoms with E-state index in [1.807, 2.05) is 6.07 Å². The Balaban J connectivity index is 1.21. The third-order valence-electron chi connectivity index (χ3n) is 4.53. The first-order chi connectivity index (χ1) is 11.3. The van der Waals surface area contributed by atoms with Gasteiger partial charge in [0.2, 0.25) is 0 Å². The predicted octanol–water partition coefficient (Wildman–Crippen LogP) is 2.28. The van der Waals surface area contributed by atoms with E-state index in [0.29, 0.717) is 31.6 Å². The summed E-state index contributed by atoms with van der Waals surface area (Å²) in [5.74, 6) is 1.17. The molecule has 1 aromatic carbocycles. The molecule has 23 heavy (non-hydrogen) atoms. The van der Waals surface area contributed by atoms with E-state index in [-0.39, 0.29) is 12.1 Å². The van der Waals surface area contributed by atoms with Gasteiger partial charge in [-0.25, -0.2) is 4.79 Å². The Morgan fingerprint density at radius 1 is 1.26 bits per heavy atom. The van der Waals surface area contributed by atoms with E-state index >= 15 is 0 Å². The molecule has 1 saturated heterocycles. The highest BCUT2D eigenvalue weighted by molar-refractivity contribution is 5.73. The summed E-state index contributed by atoms with van der Waals surface area (Å²) in [4.78, 5) is 11.7. The molecule has 2 aliphatic rings. The van der Waals surface area contributed by atoms with Crippen LogP contribution in [0, 0.1) is 5.92 Å². The van der Waals surface area contributed by atoms with Crippen molar-refractivity contribution >= 4 is 6.03 Å². The molecule has 0 aromatic heterocycles. The SMILES string of the molecule is O=C(NCCOC[C@@H]1CCCO1)NC[C@@H]1C[C@H]1c1ccccc1. The van der Waals surface area contributed by atoms with Crippen molar-refractivity contribution in [1.82, 2.24) is 10.6 Å². The maximum atomic E-state index is 11.7. The number of hydrogen-bond donors (Lipinski definition) is 2. The van der Waals surface area contributed by atoms with Crippen LogP contribution in [-0.4, -0.2) is 45.0 Å². The number of hydrogen-bond acceptors (Lipinski definition) is 3. The summed E-state index contributed by atoms with van der Waals surface area (Å²) < 4.78 is 11.0. The number of urea groups is 1. The molecule has 2 fully saturated rings. The largest absolute Gasteiger partial charge is 0.377 e. The van der Waals surface area contributed by atoms with Gasteiger partial charge in [-0.15, -0.1) is 0 Å². The molecule has 3 atom stereocenters. The third kappa shape index (κ3) is 5.22. The molecule has 5 nitrogen and oxygen atoms in total. The van der Waals surface area contributed by atoms with Gasteiger partial charge in [0.1, 0.15) is 0 Å². The minimum Gasteiger partial charge on any atom is -0.377 e. The standard InChI is InChI=1S/C18H26N2O3/c21-18(19-8-10-22-13-16-7-4-9-23-16)20-12-15-11-17(15)14-5-2-1-3-6-14/h1-3,5-6,15-17H,4,7-13H2,(H2,19,20,21)/t15-,16-,17-/m0/s1. The highest BCUT2D eigenvalue weighted by Crippen LogP contribution is 2.46. The van der Waals surface area contributed by atoms with E-state index in [1.165, 1.54) is 5.56 Å². The molecule has 0 unspecified atom stereocenters. The summed E-state index contributed by atoms with van der Waals surface area (Å²) in [6.07, 6.45) is 3.61. The van der Waals surface area contributed by atoms with Crippen LogP contribution in [0.1, 0.15) is 30.7 Å². The van der Waals surface area contributed by atoms with Crippen LogP contribution in [0.5, 0.6) is 0 Å². The van der Waals surface area contributed by atoms with Gasteiger partial charge in [0.05, 0.1) is 19.3 Å². The van der Waals surface area contributed by atoms with Crippen molar-refractivity contribution in [2.75, 3.05) is 32.9 Å². The van der Waals surface area contributed by atoms with Crippen LogP contribution >= 0.6 is 0 Å². The van der Waals surface area contributed by atoms with Gasteiger partial charge in [0.15, 0.2) is 0 Å². The van der Waals surface area contributed by atoms with Crippen LogP contribution in [0.4, 0.5) is 4.79 Å². The average molecular weight is 318 g/mol. The first-order valence-corrected chi connectivity index (χ1v) is 8.59. The minimum atomic E-state index is -0.107. The van der Waals surface area contributed by atoms with Crippen LogP contribution in [0.25, 0.3) is 0 Å². The Labute approximate surface area is 137 Å². The van der Waals surface area contributed by atoms with Crippen molar-refractivity contribution < 1.29 is 14.3 Å². The molecule has 0 bridgehead atoms. The summed E-state index contributed by atoms with van der Waals surface area (Å²) in [6.45, 7) is 3.28. The quantitative estimate of drug-likeness (QED) is 0.723. The summed E-state index contributed by atoms with van der Waals surface area (Å²) >= 11 is 0. The number of ether oxygens (including phenoxy) is 2. The molecule has 1 aliphatic heterocycles. The number of carbonyl (C=O) groups excluding carboxylic acids is 1. The Hall–Kier alpha value is -1.59. The fraction of sp³-hybridized carbons (Fsp3) is 0.611. The molecule has 1 saturated carbocycles. The van der Waals surface area contributed by atoms with E-state index in [1.54, 1.807) is 0 Å². The minimum absolute atomic E-state index is 0.107. The first kappa shape index (κ1) is 16.3. The molecule has 1 aliphatic carbocycles. The molecule has 1 heterocycles. The molecular weight excluding hydrogens is 292 g/mol. The lowest BCUT2D eigenvalue weighted by molar-refractivity contribution is 0.0188. The molecule has 1 aromatic rings. The number of amides is 2. The van der Waals surface area contributed by atoms with Gasteiger partial charge >= 0.3 is 6.03 Å². The van der Waals surface area contributed by atoms with Crippen LogP contribution in [0.15, 0.2) is 30.3 Å². The summed E-state index contributed by atoms with van der Waals surface area (Å²) in [5, 5.41) is 5.78. The third-order valence-corrected chi connectivity index (χ3v) is 4.53. The van der Waals surface area contributed by atoms with Gasteiger partial charge < -0.3 is 20.1 Å². The monoisotopic (exact) mass is 318 g/mol. The van der Waals surface area contributed by atoms with Crippen molar-refractivity contribution in [3.63, 3.8) is 0 Å². The van der Waals surface area contributed by atoms with Crippen molar-refractivity contribution in [1.29, 1.82) is 0 Å². The second-order valence-corrected chi connectivity index (χ2v) is 6.36. The van der Waals surface area contributed by atoms with Gasteiger partial charge in [-0.2, -0.15) is 0 Å². The summed E-state index contributed by atoms with van der Waals surface area (Å²) in [6, 6.07) is 10.4. The van der Waals surface area contributed by atoms with Gasteiger partial charge in [-0.05, 0) is 36.7 Å². The van der Waals surface area contributed by atoms with Crippen LogP contribution < -0.4 is 10.6 Å². The van der Waals surface area contributed by atoms with Gasteiger partial charge in [0.25, 0.3) is 0 Å². The molecule has 0 spiro atoms. The molecular formula is C18H26N2O3. The van der Waals surface area contributed by atoms with Crippen LogP contribution in [0.2, 0.25) is 0 Å². The highest BCUT2D eigenvalue weighted by Gasteiger charge is 2.37. The number of rotatable bonds is 8. The second kappa shape index (κ2) is 8.31. The van der Waals surface area contributed by atoms with Gasteiger partial charge in [0, 0.05) is 19.7 Å². The Bertz CT molecular complexity index is 488. The first-order valence-electron chi connectivity index (χ1n) is 8.59. The molecule has 5 heteroatoms. The lowest BCUT2D eigenvalue weighted by Crippen LogP contribution is -2.38. The van der Waals surface area contributed by atoms with E-state index < -0.39 is 0 Å². The zero-order chi connectivity index (χ0) is 15.9. The predicted molar refractivity (Wildman–Crippen MR) is 88.5 cm³/mol. The van der Waals surface area contributed by atoms with Gasteiger partial charge in [-0.1, -0.05) is 30.3 Å². The van der Waals surface area contributed by atoms with Crippen LogP contribution in [0.3, 0.4) is 0 Å². The van der Waals surface area contributed by atoms with E-state index in [9.17, 15) is 4.79 Å². The van der Waals surface area contributed by atoms with Crippen LogP contribution in [-0.2, 0) is 9.47 Å². The van der Waals surface area contributed by atoms with E-state index in [2.05, 4.69) is 34.9 Å². The fourth-order valence-corrected chi connectivity index (χ4v) is 3.10. The zero-order valence-corrected chi connectivity index (χ0v) is 13.5. The lowest BCUT2D eigenvalue weighted by atomic mass is 10.1. The molecule has 0 radical (unpaired) electrons. The fourth-order valence-electron chi connectivity index (χ4n) is 3.10. The summed E-state index contributed by atoms with van der Waals surface area (Å²) in [5.41, 5.74) is 1.38. The highest BCUT2D eigenvalue weighted by atomic mass is 16.5. The van der Waals surface area contributed by atoms with Crippen molar-refractivity contribution in [3.05, 3.63) is 35.9 Å². The average Bonchev–Trinajstić information content (AvgIpc) is 3.18. The van der Waals surface area contributed by atoms with Crippen molar-refractivity contribution in [3.8, 4) is 0 Å².